The quantitative estimate of drug-likeness (QED) is 0.592. The molecule has 3 N–H and O–H groups in total. The van der Waals surface area contributed by atoms with E-state index in [1.807, 2.05) is 0 Å². The molecule has 3 amide bonds. The molecule has 1 aromatic rings. The maximum Gasteiger partial charge on any atom is 0.358 e. The number of hydrogen-bond donors (Lipinski definition) is 3. The van der Waals surface area contributed by atoms with Crippen LogP contribution >= 0.6 is 0 Å². The van der Waals surface area contributed by atoms with Crippen molar-refractivity contribution in [3.8, 4) is 0 Å². The zero-order chi connectivity index (χ0) is 14.5. The number of carbonyl (C=O) groups is 3. The molecule has 0 unspecified atom stereocenters. The highest BCUT2D eigenvalue weighted by Crippen LogP contribution is 1.95. The van der Waals surface area contributed by atoms with Gasteiger partial charge in [-0.3, -0.25) is 4.79 Å². The molecule has 1 aromatic heterocycles. The zero-order valence-corrected chi connectivity index (χ0v) is 10.6. The monoisotopic (exact) mass is 282 g/mol. The van der Waals surface area contributed by atoms with Crippen molar-refractivity contribution < 1.29 is 19.5 Å². The van der Waals surface area contributed by atoms with Gasteiger partial charge >= 0.3 is 12.0 Å². The van der Waals surface area contributed by atoms with Gasteiger partial charge in [0.15, 0.2) is 5.69 Å². The summed E-state index contributed by atoms with van der Waals surface area (Å²) in [7, 11) is 0. The molecule has 108 valence electrons. The Labute approximate surface area is 113 Å². The third kappa shape index (κ3) is 3.43. The van der Waals surface area contributed by atoms with E-state index in [1.54, 1.807) is 0 Å². The lowest BCUT2D eigenvalue weighted by Crippen LogP contribution is -2.53. The van der Waals surface area contributed by atoms with Gasteiger partial charge in [0.1, 0.15) is 6.54 Å². The lowest BCUT2D eigenvalue weighted by Gasteiger charge is -2.26. The lowest BCUT2D eigenvalue weighted by molar-refractivity contribution is -0.123. The van der Waals surface area contributed by atoms with Crippen molar-refractivity contribution in [3.05, 3.63) is 11.9 Å². The zero-order valence-electron chi connectivity index (χ0n) is 10.6. The normalized spacial score (nSPS) is 14.8. The summed E-state index contributed by atoms with van der Waals surface area (Å²) in [6, 6.07) is -0.335. The summed E-state index contributed by atoms with van der Waals surface area (Å²) >= 11 is 0. The molecule has 0 atom stereocenters. The van der Waals surface area contributed by atoms with Crippen molar-refractivity contribution in [1.29, 1.82) is 0 Å². The average molecular weight is 282 g/mol. The largest absolute Gasteiger partial charge is 0.476 e. The van der Waals surface area contributed by atoms with Crippen LogP contribution in [0, 0.1) is 0 Å². The van der Waals surface area contributed by atoms with Crippen molar-refractivity contribution in [2.45, 2.75) is 6.54 Å². The first-order valence-corrected chi connectivity index (χ1v) is 5.99. The van der Waals surface area contributed by atoms with Crippen LogP contribution in [0.25, 0.3) is 0 Å². The van der Waals surface area contributed by atoms with E-state index in [0.717, 1.165) is 0 Å². The van der Waals surface area contributed by atoms with Crippen molar-refractivity contribution >= 4 is 17.9 Å². The lowest BCUT2D eigenvalue weighted by atomic mass is 10.4. The van der Waals surface area contributed by atoms with E-state index in [-0.39, 0.29) is 30.7 Å². The second-order valence-electron chi connectivity index (χ2n) is 4.18. The van der Waals surface area contributed by atoms with Gasteiger partial charge < -0.3 is 20.6 Å². The van der Waals surface area contributed by atoms with Crippen LogP contribution < -0.4 is 10.6 Å². The van der Waals surface area contributed by atoms with Crippen molar-refractivity contribution in [2.24, 2.45) is 0 Å². The molecule has 10 nitrogen and oxygen atoms in total. The third-order valence-corrected chi connectivity index (χ3v) is 2.70. The maximum atomic E-state index is 11.7. The van der Waals surface area contributed by atoms with Gasteiger partial charge in [0.2, 0.25) is 5.91 Å². The molecule has 2 heterocycles. The summed E-state index contributed by atoms with van der Waals surface area (Å²) in [5, 5.41) is 21.0. The Hall–Kier alpha value is -2.65. The summed E-state index contributed by atoms with van der Waals surface area (Å²) < 4.78 is 1.33. The van der Waals surface area contributed by atoms with Crippen LogP contribution in [0.2, 0.25) is 0 Å². The summed E-state index contributed by atoms with van der Waals surface area (Å²) in [5.74, 6) is -1.34. The molecular formula is C10H14N6O4. The minimum Gasteiger partial charge on any atom is -0.476 e. The fourth-order valence-electron chi connectivity index (χ4n) is 1.71. The number of carboxylic acids is 1. The molecule has 0 aliphatic carbocycles. The Morgan fingerprint density at radius 2 is 2.30 bits per heavy atom. The van der Waals surface area contributed by atoms with Crippen LogP contribution in [0.4, 0.5) is 4.79 Å². The first-order chi connectivity index (χ1) is 9.56. The number of aromatic nitrogens is 3. The van der Waals surface area contributed by atoms with Crippen molar-refractivity contribution in [3.63, 3.8) is 0 Å². The van der Waals surface area contributed by atoms with Gasteiger partial charge in [-0.25, -0.2) is 14.3 Å². The van der Waals surface area contributed by atoms with Gasteiger partial charge in [0.25, 0.3) is 0 Å². The Balaban J connectivity index is 1.75. The SMILES string of the molecule is O=C1CN(C(=O)NCCn2cc(C(=O)O)nn2)CCN1. The first-order valence-electron chi connectivity index (χ1n) is 5.99. The third-order valence-electron chi connectivity index (χ3n) is 2.70. The fourth-order valence-corrected chi connectivity index (χ4v) is 1.71. The van der Waals surface area contributed by atoms with E-state index in [1.165, 1.54) is 15.8 Å². The molecule has 2 rings (SSSR count). The number of carboxylic acid groups (broad SMARTS) is 1. The minimum absolute atomic E-state index is 0.0400. The van der Waals surface area contributed by atoms with E-state index in [0.29, 0.717) is 19.6 Å². The smallest absolute Gasteiger partial charge is 0.358 e. The highest BCUT2D eigenvalue weighted by molar-refractivity contribution is 5.85. The molecule has 1 fully saturated rings. The van der Waals surface area contributed by atoms with Crippen molar-refractivity contribution in [2.75, 3.05) is 26.2 Å². The van der Waals surface area contributed by atoms with Gasteiger partial charge in [0, 0.05) is 19.6 Å². The number of nitrogens with one attached hydrogen (secondary N) is 2. The second-order valence-corrected chi connectivity index (χ2v) is 4.18. The molecule has 1 aliphatic heterocycles. The highest BCUT2D eigenvalue weighted by atomic mass is 16.4. The number of rotatable bonds is 4. The van der Waals surface area contributed by atoms with Gasteiger partial charge in [0.05, 0.1) is 12.7 Å². The minimum atomic E-state index is -1.15. The molecule has 0 spiro atoms. The second kappa shape index (κ2) is 5.99. The van der Waals surface area contributed by atoms with Crippen molar-refractivity contribution in [1.82, 2.24) is 30.5 Å². The average Bonchev–Trinajstić information content (AvgIpc) is 2.87. The van der Waals surface area contributed by atoms with Gasteiger partial charge in [-0.15, -0.1) is 5.10 Å². The Kier molecular flexibility index (Phi) is 4.13. The number of hydrogen-bond acceptors (Lipinski definition) is 5. The van der Waals surface area contributed by atoms with Gasteiger partial charge in [-0.05, 0) is 0 Å². The predicted octanol–water partition coefficient (Wildman–Crippen LogP) is -1.88. The Morgan fingerprint density at radius 3 is 2.95 bits per heavy atom. The molecule has 10 heteroatoms. The number of piperazine rings is 1. The molecule has 0 aromatic carbocycles. The number of amides is 3. The molecule has 0 saturated carbocycles. The summed E-state index contributed by atoms with van der Waals surface area (Å²) in [4.78, 5) is 34.9. The highest BCUT2D eigenvalue weighted by Gasteiger charge is 2.20. The van der Waals surface area contributed by atoms with E-state index in [4.69, 9.17) is 5.11 Å². The Morgan fingerprint density at radius 1 is 1.50 bits per heavy atom. The standard InChI is InChI=1S/C10H14N6O4/c17-8-6-15(3-1-11-8)10(20)12-2-4-16-5-7(9(18)19)13-14-16/h5H,1-4,6H2,(H,11,17)(H,12,20)(H,18,19). The van der Waals surface area contributed by atoms with Crippen LogP contribution in [0.15, 0.2) is 6.20 Å². The molecule has 1 saturated heterocycles. The summed E-state index contributed by atoms with van der Waals surface area (Å²) in [6.07, 6.45) is 1.28. The van der Waals surface area contributed by atoms with Gasteiger partial charge in [-0.2, -0.15) is 0 Å². The van der Waals surface area contributed by atoms with Crippen LogP contribution in [0.1, 0.15) is 10.5 Å². The number of carbonyl (C=O) groups excluding carboxylic acids is 2. The van der Waals surface area contributed by atoms with E-state index < -0.39 is 5.97 Å². The van der Waals surface area contributed by atoms with Crippen LogP contribution in [-0.4, -0.2) is 69.1 Å². The topological polar surface area (TPSA) is 129 Å². The summed E-state index contributed by atoms with van der Waals surface area (Å²) in [5.41, 5.74) is -0.149. The fraction of sp³-hybridized carbons (Fsp3) is 0.500. The number of urea groups is 1. The van der Waals surface area contributed by atoms with Gasteiger partial charge in [-0.1, -0.05) is 5.21 Å². The van der Waals surface area contributed by atoms with Crippen LogP contribution in [0.5, 0.6) is 0 Å². The Bertz CT molecular complexity index is 528. The predicted molar refractivity (Wildman–Crippen MR) is 65.0 cm³/mol. The molecule has 0 radical (unpaired) electrons. The van der Waals surface area contributed by atoms with E-state index in [9.17, 15) is 14.4 Å². The molecule has 0 bridgehead atoms. The van der Waals surface area contributed by atoms with E-state index >= 15 is 0 Å². The van der Waals surface area contributed by atoms with Crippen LogP contribution in [0.3, 0.4) is 0 Å². The summed E-state index contributed by atoms with van der Waals surface area (Å²) in [6.45, 7) is 1.51. The molecule has 1 aliphatic rings. The molecule has 20 heavy (non-hydrogen) atoms. The number of nitrogens with zero attached hydrogens (tertiary/aromatic N) is 4. The first kappa shape index (κ1) is 13.8. The van der Waals surface area contributed by atoms with Crippen LogP contribution in [-0.2, 0) is 11.3 Å². The number of aromatic carboxylic acids is 1. The van der Waals surface area contributed by atoms with E-state index in [2.05, 4.69) is 20.9 Å². The molecular weight excluding hydrogens is 268 g/mol. The maximum absolute atomic E-state index is 11.7.